The molecule has 0 saturated heterocycles. The summed E-state index contributed by atoms with van der Waals surface area (Å²) in [5.74, 6) is -1.41. The van der Waals surface area contributed by atoms with Crippen molar-refractivity contribution in [1.82, 2.24) is 0 Å². The topological polar surface area (TPSA) is 52.6 Å². The molecule has 0 aromatic heterocycles. The first-order chi connectivity index (χ1) is 4.20. The summed E-state index contributed by atoms with van der Waals surface area (Å²) in [5.41, 5.74) is 0. The summed E-state index contributed by atoms with van der Waals surface area (Å²) in [7, 11) is 2.36. The molecule has 0 saturated carbocycles. The second-order valence-corrected chi connectivity index (χ2v) is 1.19. The van der Waals surface area contributed by atoms with Gasteiger partial charge < -0.3 is 9.47 Å². The molecular formula is C5H7O4. The Morgan fingerprint density at radius 2 is 1.44 bits per heavy atom. The second kappa shape index (κ2) is 3.88. The lowest BCUT2D eigenvalue weighted by Gasteiger charge is -1.94. The van der Waals surface area contributed by atoms with E-state index >= 15 is 0 Å². The van der Waals surface area contributed by atoms with E-state index in [1.807, 2.05) is 0 Å². The van der Waals surface area contributed by atoms with E-state index in [2.05, 4.69) is 9.47 Å². The van der Waals surface area contributed by atoms with E-state index in [4.69, 9.17) is 0 Å². The number of carbonyl (C=O) groups excluding carboxylic acids is 2. The van der Waals surface area contributed by atoms with Crippen LogP contribution in [0.5, 0.6) is 0 Å². The zero-order valence-electron chi connectivity index (χ0n) is 5.21. The Bertz CT molecular complexity index is 104. The van der Waals surface area contributed by atoms with Gasteiger partial charge in [-0.15, -0.1) is 0 Å². The van der Waals surface area contributed by atoms with Crippen LogP contribution in [-0.4, -0.2) is 26.2 Å². The van der Waals surface area contributed by atoms with E-state index in [0.29, 0.717) is 0 Å². The van der Waals surface area contributed by atoms with Crippen molar-refractivity contribution in [3.63, 3.8) is 0 Å². The van der Waals surface area contributed by atoms with E-state index in [1.165, 1.54) is 14.2 Å². The van der Waals surface area contributed by atoms with Crippen LogP contribution in [0.15, 0.2) is 0 Å². The first kappa shape index (κ1) is 7.94. The largest absolute Gasteiger partial charge is 0.468 e. The predicted octanol–water partition coefficient (Wildman–Crippen LogP) is -0.463. The van der Waals surface area contributed by atoms with Gasteiger partial charge in [-0.3, -0.25) is 9.59 Å². The average molecular weight is 132 g/mol. The minimum absolute atomic E-state index is 0.707. The van der Waals surface area contributed by atoms with Crippen molar-refractivity contribution in [3.05, 3.63) is 6.42 Å². The van der Waals surface area contributed by atoms with Crippen LogP contribution in [0, 0.1) is 6.42 Å². The van der Waals surface area contributed by atoms with Gasteiger partial charge in [0.05, 0.1) is 14.2 Å². The van der Waals surface area contributed by atoms with Crippen molar-refractivity contribution >= 4 is 11.9 Å². The fraction of sp³-hybridized carbons (Fsp3) is 0.400. The summed E-state index contributed by atoms with van der Waals surface area (Å²) in [6, 6.07) is 0. The van der Waals surface area contributed by atoms with Gasteiger partial charge in [0.2, 0.25) is 0 Å². The third kappa shape index (κ3) is 3.52. The van der Waals surface area contributed by atoms with E-state index in [9.17, 15) is 9.59 Å². The normalized spacial score (nSPS) is 8.22. The third-order valence-electron chi connectivity index (χ3n) is 0.638. The van der Waals surface area contributed by atoms with Crippen LogP contribution in [0.4, 0.5) is 0 Å². The Morgan fingerprint density at radius 1 is 1.11 bits per heavy atom. The molecule has 0 bridgehead atoms. The molecule has 0 aromatic rings. The van der Waals surface area contributed by atoms with Crippen LogP contribution >= 0.6 is 0 Å². The molecule has 0 aliphatic heterocycles. The number of rotatable bonds is 2. The molecule has 4 nitrogen and oxygen atoms in total. The number of ether oxygens (including phenoxy) is 2. The fourth-order valence-electron chi connectivity index (χ4n) is 0.214. The van der Waals surface area contributed by atoms with Gasteiger partial charge in [-0.25, -0.2) is 0 Å². The highest BCUT2D eigenvalue weighted by Crippen LogP contribution is 1.83. The van der Waals surface area contributed by atoms with Crippen LogP contribution in [0.1, 0.15) is 0 Å². The van der Waals surface area contributed by atoms with E-state index in [1.54, 1.807) is 0 Å². The van der Waals surface area contributed by atoms with Gasteiger partial charge >= 0.3 is 11.9 Å². The first-order valence-electron chi connectivity index (χ1n) is 2.21. The maximum Gasteiger partial charge on any atom is 0.321 e. The monoisotopic (exact) mass is 132 g/mol. The summed E-state index contributed by atoms with van der Waals surface area (Å²) in [4.78, 5) is 20.4. The highest BCUT2D eigenvalue weighted by molar-refractivity contribution is 6.03. The number of esters is 2. The molecule has 0 fully saturated rings. The zero-order chi connectivity index (χ0) is 7.28. The number of hydrogen-bond donors (Lipinski definition) is 0. The highest BCUT2D eigenvalue weighted by atomic mass is 16.6. The van der Waals surface area contributed by atoms with E-state index in [0.717, 1.165) is 6.42 Å². The molecule has 0 N–H and O–H groups in total. The molecule has 0 aliphatic carbocycles. The molecular weight excluding hydrogens is 125 g/mol. The van der Waals surface area contributed by atoms with Gasteiger partial charge in [0.15, 0.2) is 6.42 Å². The quantitative estimate of drug-likeness (QED) is 0.290. The minimum atomic E-state index is -0.707. The van der Waals surface area contributed by atoms with Gasteiger partial charge in [-0.2, -0.15) is 0 Å². The van der Waals surface area contributed by atoms with Gasteiger partial charge in [0.1, 0.15) is 0 Å². The Morgan fingerprint density at radius 3 is 1.67 bits per heavy atom. The minimum Gasteiger partial charge on any atom is -0.468 e. The maximum absolute atomic E-state index is 10.2. The SMILES string of the molecule is COC(=O)[13CH]C(=O)OC. The smallest absolute Gasteiger partial charge is 0.321 e. The van der Waals surface area contributed by atoms with Gasteiger partial charge in [-0.05, 0) is 0 Å². The Balaban J connectivity index is 3.47. The molecule has 0 rings (SSSR count). The molecule has 51 valence electrons. The molecule has 0 spiro atoms. The molecule has 0 atom stereocenters. The summed E-state index contributed by atoms with van der Waals surface area (Å²) >= 11 is 0. The lowest BCUT2D eigenvalue weighted by Crippen LogP contribution is -2.11. The maximum atomic E-state index is 10.2. The summed E-state index contributed by atoms with van der Waals surface area (Å²) in [5, 5.41) is 0. The third-order valence-corrected chi connectivity index (χ3v) is 0.638. The Kier molecular flexibility index (Phi) is 3.43. The van der Waals surface area contributed by atoms with Crippen molar-refractivity contribution in [3.8, 4) is 0 Å². The molecule has 4 heteroatoms. The molecule has 0 heterocycles. The average Bonchev–Trinajstić information content (AvgIpc) is 1.87. The molecule has 1 radical (unpaired) electrons. The van der Waals surface area contributed by atoms with Crippen LogP contribution in [0.25, 0.3) is 0 Å². The van der Waals surface area contributed by atoms with Gasteiger partial charge in [0, 0.05) is 0 Å². The van der Waals surface area contributed by atoms with Crippen molar-refractivity contribution < 1.29 is 19.1 Å². The van der Waals surface area contributed by atoms with E-state index in [-0.39, 0.29) is 0 Å². The first-order valence-corrected chi connectivity index (χ1v) is 2.21. The fourth-order valence-corrected chi connectivity index (χ4v) is 0.214. The van der Waals surface area contributed by atoms with E-state index < -0.39 is 11.9 Å². The van der Waals surface area contributed by atoms with Crippen LogP contribution in [0.3, 0.4) is 0 Å². The highest BCUT2D eigenvalue weighted by Gasteiger charge is 2.08. The van der Waals surface area contributed by atoms with Gasteiger partial charge in [-0.1, -0.05) is 0 Å². The molecule has 0 unspecified atom stereocenters. The number of carbonyl (C=O) groups is 2. The lowest BCUT2D eigenvalue weighted by molar-refractivity contribution is -0.144. The summed E-state index contributed by atoms with van der Waals surface area (Å²) < 4.78 is 8.25. The van der Waals surface area contributed by atoms with Crippen molar-refractivity contribution in [1.29, 1.82) is 0 Å². The lowest BCUT2D eigenvalue weighted by atomic mass is 10.8. The molecule has 9 heavy (non-hydrogen) atoms. The zero-order valence-corrected chi connectivity index (χ0v) is 5.21. The second-order valence-electron chi connectivity index (χ2n) is 1.19. The molecule has 0 aromatic carbocycles. The number of methoxy groups -OCH3 is 2. The van der Waals surface area contributed by atoms with Crippen molar-refractivity contribution in [2.45, 2.75) is 0 Å². The Hall–Kier alpha value is -1.06. The summed E-state index contributed by atoms with van der Waals surface area (Å²) in [6.07, 6.45) is 0.722. The van der Waals surface area contributed by atoms with Crippen molar-refractivity contribution in [2.75, 3.05) is 14.2 Å². The number of hydrogen-bond acceptors (Lipinski definition) is 4. The Labute approximate surface area is 52.7 Å². The van der Waals surface area contributed by atoms with Crippen molar-refractivity contribution in [2.24, 2.45) is 0 Å². The van der Waals surface area contributed by atoms with Crippen LogP contribution in [-0.2, 0) is 19.1 Å². The van der Waals surface area contributed by atoms with Crippen LogP contribution in [0.2, 0.25) is 0 Å². The molecule has 0 aliphatic rings. The summed E-state index contributed by atoms with van der Waals surface area (Å²) in [6.45, 7) is 0. The predicted molar refractivity (Wildman–Crippen MR) is 28.3 cm³/mol. The van der Waals surface area contributed by atoms with Gasteiger partial charge in [0.25, 0.3) is 0 Å². The standard InChI is InChI=1S/C5H7O4/c1-8-4(6)3-5(7)9-2/h3H,1-2H3/i3+1. The van der Waals surface area contributed by atoms with Crippen LogP contribution < -0.4 is 0 Å². The molecule has 0 amide bonds.